The number of hydrogen-bond acceptors (Lipinski definition) is 7. The molecule has 0 aliphatic heterocycles. The number of non-ortho nitro benzene ring substituents is 1. The molecule has 1 N–H and O–H groups in total. The van der Waals surface area contributed by atoms with Crippen LogP contribution in [-0.4, -0.2) is 14.9 Å². The third-order valence-electron chi connectivity index (χ3n) is 5.17. The highest BCUT2D eigenvalue weighted by Gasteiger charge is 2.13. The number of ether oxygens (including phenoxy) is 1. The lowest BCUT2D eigenvalue weighted by Crippen LogP contribution is -1.98. The highest BCUT2D eigenvalue weighted by Crippen LogP contribution is 2.37. The maximum atomic E-state index is 10.9. The monoisotopic (exact) mass is 522 g/mol. The van der Waals surface area contributed by atoms with Gasteiger partial charge >= 0.3 is 0 Å². The fourth-order valence-electron chi connectivity index (χ4n) is 3.47. The third-order valence-corrected chi connectivity index (χ3v) is 6.79. The van der Waals surface area contributed by atoms with Crippen LogP contribution in [0, 0.1) is 10.1 Å². The molecular formula is C25H16Cl2N4O3S. The molecule has 0 bridgehead atoms. The Hall–Kier alpha value is -3.72. The van der Waals surface area contributed by atoms with Gasteiger partial charge in [0.2, 0.25) is 0 Å². The summed E-state index contributed by atoms with van der Waals surface area (Å²) in [4.78, 5) is 21.0. The van der Waals surface area contributed by atoms with Gasteiger partial charge < -0.3 is 10.1 Å². The van der Waals surface area contributed by atoms with E-state index in [4.69, 9.17) is 27.9 Å². The first kappa shape index (κ1) is 23.0. The van der Waals surface area contributed by atoms with Gasteiger partial charge in [-0.1, -0.05) is 35.3 Å². The first-order valence-corrected chi connectivity index (χ1v) is 12.0. The second-order valence-corrected chi connectivity index (χ2v) is 9.42. The molecular weight excluding hydrogens is 507 g/mol. The number of aromatic nitrogens is 2. The number of fused-ring (bicyclic) bond motifs is 1. The summed E-state index contributed by atoms with van der Waals surface area (Å²) in [6, 6.07) is 21.3. The van der Waals surface area contributed by atoms with Crippen molar-refractivity contribution in [1.82, 2.24) is 9.97 Å². The molecule has 5 aromatic rings. The zero-order valence-electron chi connectivity index (χ0n) is 17.9. The number of nitrogens with zero attached hydrogens (tertiary/aromatic N) is 3. The van der Waals surface area contributed by atoms with E-state index >= 15 is 0 Å². The summed E-state index contributed by atoms with van der Waals surface area (Å²) in [6.45, 7) is 0.347. The zero-order chi connectivity index (χ0) is 24.4. The molecule has 0 saturated carbocycles. The van der Waals surface area contributed by atoms with Crippen LogP contribution in [-0.2, 0) is 6.61 Å². The molecule has 0 aliphatic carbocycles. The van der Waals surface area contributed by atoms with Crippen molar-refractivity contribution in [2.45, 2.75) is 6.61 Å². The van der Waals surface area contributed by atoms with Crippen molar-refractivity contribution in [3.8, 4) is 16.2 Å². The quantitative estimate of drug-likeness (QED) is 0.172. The van der Waals surface area contributed by atoms with Crippen molar-refractivity contribution in [2.24, 2.45) is 0 Å². The molecule has 5 rings (SSSR count). The van der Waals surface area contributed by atoms with Gasteiger partial charge in [0, 0.05) is 27.7 Å². The Morgan fingerprint density at radius 1 is 1.00 bits per heavy atom. The molecule has 2 heterocycles. The summed E-state index contributed by atoms with van der Waals surface area (Å²) >= 11 is 14.0. The van der Waals surface area contributed by atoms with E-state index in [9.17, 15) is 10.1 Å². The molecule has 0 spiro atoms. The average molecular weight is 523 g/mol. The largest absolute Gasteiger partial charge is 0.487 e. The van der Waals surface area contributed by atoms with E-state index in [1.807, 2.05) is 36.4 Å². The molecule has 0 amide bonds. The lowest BCUT2D eigenvalue weighted by Gasteiger charge is -2.11. The van der Waals surface area contributed by atoms with Crippen LogP contribution < -0.4 is 10.1 Å². The smallest absolute Gasteiger partial charge is 0.269 e. The number of benzene rings is 3. The molecule has 0 radical (unpaired) electrons. The number of nitro groups is 1. The summed E-state index contributed by atoms with van der Waals surface area (Å²) in [5, 5.41) is 16.2. The molecule has 0 fully saturated rings. The number of thiophene rings is 1. The fraction of sp³-hybridized carbons (Fsp3) is 0.0400. The molecule has 3 aromatic carbocycles. The standard InChI is InChI=1S/C25H16Cl2N4O3S/c26-17-3-1-2-15(10-17)13-34-22-9-6-18(11-21(22)27)30-24-20-12-23(35-25(20)29-14-28-24)16-4-7-19(8-5-16)31(32)33/h1-12,14H,13H2,(H,28,29,30). The summed E-state index contributed by atoms with van der Waals surface area (Å²) in [6.07, 6.45) is 1.49. The van der Waals surface area contributed by atoms with Crippen LogP contribution in [0.2, 0.25) is 10.0 Å². The predicted octanol–water partition coefficient (Wildman–Crippen LogP) is 7.90. The first-order valence-electron chi connectivity index (χ1n) is 10.4. The van der Waals surface area contributed by atoms with Gasteiger partial charge in [-0.15, -0.1) is 11.3 Å². The van der Waals surface area contributed by atoms with Crippen molar-refractivity contribution in [3.05, 3.63) is 105 Å². The minimum absolute atomic E-state index is 0.0499. The Morgan fingerprint density at radius 2 is 1.83 bits per heavy atom. The van der Waals surface area contributed by atoms with Crippen molar-refractivity contribution in [3.63, 3.8) is 0 Å². The number of halogens is 2. The minimum Gasteiger partial charge on any atom is -0.487 e. The first-order chi connectivity index (χ1) is 17.0. The summed E-state index contributed by atoms with van der Waals surface area (Å²) in [5.74, 6) is 1.18. The van der Waals surface area contributed by atoms with Gasteiger partial charge in [-0.3, -0.25) is 10.1 Å². The van der Waals surface area contributed by atoms with Crippen molar-refractivity contribution in [2.75, 3.05) is 5.32 Å². The minimum atomic E-state index is -0.416. The Morgan fingerprint density at radius 3 is 2.57 bits per heavy atom. The molecule has 35 heavy (non-hydrogen) atoms. The summed E-state index contributed by atoms with van der Waals surface area (Å²) < 4.78 is 5.84. The van der Waals surface area contributed by atoms with E-state index in [1.165, 1.54) is 29.8 Å². The van der Waals surface area contributed by atoms with E-state index in [-0.39, 0.29) is 5.69 Å². The van der Waals surface area contributed by atoms with E-state index < -0.39 is 4.92 Å². The van der Waals surface area contributed by atoms with Crippen LogP contribution in [0.5, 0.6) is 5.75 Å². The van der Waals surface area contributed by atoms with Gasteiger partial charge in [-0.05, 0) is 59.7 Å². The Bertz CT molecular complexity index is 1540. The van der Waals surface area contributed by atoms with Crippen LogP contribution in [0.15, 0.2) is 79.1 Å². The van der Waals surface area contributed by atoms with Gasteiger partial charge in [-0.2, -0.15) is 0 Å². The van der Waals surface area contributed by atoms with Gasteiger partial charge in [0.25, 0.3) is 5.69 Å². The maximum Gasteiger partial charge on any atom is 0.269 e. The molecule has 0 unspecified atom stereocenters. The Labute approximate surface area is 214 Å². The Balaban J connectivity index is 1.35. The lowest BCUT2D eigenvalue weighted by atomic mass is 10.1. The predicted molar refractivity (Wildman–Crippen MR) is 140 cm³/mol. The molecule has 0 atom stereocenters. The average Bonchev–Trinajstić information content (AvgIpc) is 3.29. The number of hydrogen-bond donors (Lipinski definition) is 1. The molecule has 0 aliphatic rings. The molecule has 174 valence electrons. The molecule has 2 aromatic heterocycles. The SMILES string of the molecule is O=[N+]([O-])c1ccc(-c2cc3c(Nc4ccc(OCc5cccc(Cl)c5)c(Cl)c4)ncnc3s2)cc1. The van der Waals surface area contributed by atoms with Crippen LogP contribution in [0.3, 0.4) is 0 Å². The zero-order valence-corrected chi connectivity index (χ0v) is 20.3. The van der Waals surface area contributed by atoms with E-state index in [1.54, 1.807) is 24.3 Å². The van der Waals surface area contributed by atoms with Crippen LogP contribution in [0.4, 0.5) is 17.2 Å². The van der Waals surface area contributed by atoms with E-state index in [0.29, 0.717) is 28.2 Å². The lowest BCUT2D eigenvalue weighted by molar-refractivity contribution is -0.384. The van der Waals surface area contributed by atoms with E-state index in [2.05, 4.69) is 15.3 Å². The Kier molecular flexibility index (Phi) is 6.50. The second-order valence-electron chi connectivity index (χ2n) is 7.54. The number of nitrogens with one attached hydrogen (secondary N) is 1. The second kappa shape index (κ2) is 9.87. The summed E-state index contributed by atoms with van der Waals surface area (Å²) in [7, 11) is 0. The highest BCUT2D eigenvalue weighted by molar-refractivity contribution is 7.21. The fourth-order valence-corrected chi connectivity index (χ4v) is 4.92. The number of anilines is 2. The number of nitro benzene ring substituents is 1. The van der Waals surface area contributed by atoms with Crippen molar-refractivity contribution in [1.29, 1.82) is 0 Å². The van der Waals surface area contributed by atoms with Gasteiger partial charge in [-0.25, -0.2) is 9.97 Å². The maximum absolute atomic E-state index is 10.9. The molecule has 7 nitrogen and oxygen atoms in total. The van der Waals surface area contributed by atoms with E-state index in [0.717, 1.165) is 31.9 Å². The molecule has 0 saturated heterocycles. The van der Waals surface area contributed by atoms with Gasteiger partial charge in [0.05, 0.1) is 15.3 Å². The number of rotatable bonds is 7. The van der Waals surface area contributed by atoms with Gasteiger partial charge in [0.15, 0.2) is 0 Å². The van der Waals surface area contributed by atoms with Crippen molar-refractivity contribution < 1.29 is 9.66 Å². The normalized spacial score (nSPS) is 10.9. The third kappa shape index (κ3) is 5.19. The van der Waals surface area contributed by atoms with Crippen LogP contribution >= 0.6 is 34.5 Å². The van der Waals surface area contributed by atoms with Crippen LogP contribution in [0.1, 0.15) is 5.56 Å². The van der Waals surface area contributed by atoms with Crippen molar-refractivity contribution >= 4 is 61.9 Å². The topological polar surface area (TPSA) is 90.2 Å². The molecule has 10 heteroatoms. The summed E-state index contributed by atoms with van der Waals surface area (Å²) in [5.41, 5.74) is 2.61. The highest BCUT2D eigenvalue weighted by atomic mass is 35.5. The van der Waals surface area contributed by atoms with Crippen LogP contribution in [0.25, 0.3) is 20.7 Å². The van der Waals surface area contributed by atoms with Gasteiger partial charge in [0.1, 0.15) is 29.3 Å².